The minimum Gasteiger partial charge on any atom is -0.308 e. The van der Waals surface area contributed by atoms with Gasteiger partial charge in [0.15, 0.2) is 0 Å². The number of rotatable bonds is 6. The number of para-hydroxylation sites is 1. The number of urea groups is 1. The first-order chi connectivity index (χ1) is 14.2. The Balaban J connectivity index is 1.65. The van der Waals surface area contributed by atoms with Crippen LogP contribution < -0.4 is 15.4 Å². The fraction of sp³-hybridized carbons (Fsp3) is 0.136. The van der Waals surface area contributed by atoms with Gasteiger partial charge in [0, 0.05) is 17.4 Å². The second-order valence-corrected chi connectivity index (χ2v) is 8.53. The third kappa shape index (κ3) is 5.43. The smallest absolute Gasteiger partial charge is 0.308 e. The summed E-state index contributed by atoms with van der Waals surface area (Å²) < 4.78 is 41.6. The first kappa shape index (κ1) is 21.5. The Morgan fingerprint density at radius 1 is 0.900 bits per heavy atom. The highest BCUT2D eigenvalue weighted by Gasteiger charge is 2.22. The molecule has 3 N–H and O–H groups in total. The van der Waals surface area contributed by atoms with E-state index in [9.17, 15) is 17.6 Å². The fourth-order valence-corrected chi connectivity index (χ4v) is 4.25. The number of hydrogen-bond acceptors (Lipinski definition) is 3. The number of sulfonamides is 1. The summed E-state index contributed by atoms with van der Waals surface area (Å²) in [6, 6.07) is 18.7. The highest BCUT2D eigenvalue weighted by atomic mass is 32.2. The number of nitrogens with one attached hydrogen (secondary N) is 3. The molecule has 0 saturated carbocycles. The van der Waals surface area contributed by atoms with E-state index in [2.05, 4.69) is 15.4 Å². The second-order valence-electron chi connectivity index (χ2n) is 6.84. The molecule has 30 heavy (non-hydrogen) atoms. The second kappa shape index (κ2) is 9.06. The molecule has 0 aliphatic rings. The Morgan fingerprint density at radius 2 is 1.50 bits per heavy atom. The maximum Gasteiger partial charge on any atom is 0.323 e. The largest absolute Gasteiger partial charge is 0.323 e. The summed E-state index contributed by atoms with van der Waals surface area (Å²) in [4.78, 5) is 11.7. The van der Waals surface area contributed by atoms with Crippen LogP contribution in [0.4, 0.5) is 20.6 Å². The summed E-state index contributed by atoms with van der Waals surface area (Å²) in [6.07, 6.45) is 0. The molecule has 3 aromatic carbocycles. The zero-order chi connectivity index (χ0) is 21.7. The van der Waals surface area contributed by atoms with E-state index in [-0.39, 0.29) is 4.90 Å². The number of carbonyl (C=O) groups excluding carboxylic acids is 1. The van der Waals surface area contributed by atoms with Crippen LogP contribution >= 0.6 is 0 Å². The molecule has 3 rings (SSSR count). The third-order valence-corrected chi connectivity index (χ3v) is 5.96. The Labute approximate surface area is 175 Å². The van der Waals surface area contributed by atoms with Crippen molar-refractivity contribution >= 4 is 27.4 Å². The molecule has 3 aromatic rings. The van der Waals surface area contributed by atoms with Gasteiger partial charge in [-0.15, -0.1) is 0 Å². The summed E-state index contributed by atoms with van der Waals surface area (Å²) in [7, 11) is -4.03. The molecule has 156 valence electrons. The van der Waals surface area contributed by atoms with Gasteiger partial charge in [0.2, 0.25) is 10.0 Å². The maximum absolute atomic E-state index is 14.0. The molecule has 2 amide bonds. The highest BCUT2D eigenvalue weighted by Crippen LogP contribution is 2.21. The van der Waals surface area contributed by atoms with Crippen molar-refractivity contribution in [2.75, 3.05) is 10.6 Å². The number of hydrogen-bond donors (Lipinski definition) is 3. The van der Waals surface area contributed by atoms with Gasteiger partial charge in [-0.1, -0.05) is 36.4 Å². The van der Waals surface area contributed by atoms with Crippen molar-refractivity contribution in [1.29, 1.82) is 0 Å². The number of amides is 2. The molecule has 1 atom stereocenters. The number of halogens is 1. The Morgan fingerprint density at radius 3 is 2.13 bits per heavy atom. The van der Waals surface area contributed by atoms with E-state index in [1.165, 1.54) is 12.1 Å². The van der Waals surface area contributed by atoms with Crippen LogP contribution in [0, 0.1) is 12.7 Å². The van der Waals surface area contributed by atoms with Crippen LogP contribution in [-0.2, 0) is 10.0 Å². The molecule has 1 unspecified atom stereocenters. The minimum atomic E-state index is -4.03. The third-order valence-electron chi connectivity index (χ3n) is 4.41. The standard InChI is InChI=1S/C22H22FN3O3S/c1-15-8-13-20(23)21(14-15)30(28,29)26-16(2)17-9-11-19(12-10-17)25-22(27)24-18-6-4-3-5-7-18/h3-14,16,26H,1-2H3,(H2,24,25,27). The molecule has 0 spiro atoms. The molecule has 0 fully saturated rings. The van der Waals surface area contributed by atoms with Gasteiger partial charge in [0.25, 0.3) is 0 Å². The van der Waals surface area contributed by atoms with E-state index in [0.717, 1.165) is 6.07 Å². The molecule has 0 aromatic heterocycles. The summed E-state index contributed by atoms with van der Waals surface area (Å²) in [6.45, 7) is 3.36. The number of benzene rings is 3. The van der Waals surface area contributed by atoms with Crippen molar-refractivity contribution in [3.8, 4) is 0 Å². The molecule has 0 saturated heterocycles. The van der Waals surface area contributed by atoms with Crippen molar-refractivity contribution < 1.29 is 17.6 Å². The Kier molecular flexibility index (Phi) is 6.49. The van der Waals surface area contributed by atoms with Crippen LogP contribution in [0.1, 0.15) is 24.1 Å². The van der Waals surface area contributed by atoms with Crippen molar-refractivity contribution in [3.05, 3.63) is 89.7 Å². The minimum absolute atomic E-state index is 0.384. The SMILES string of the molecule is Cc1ccc(F)c(S(=O)(=O)NC(C)c2ccc(NC(=O)Nc3ccccc3)cc2)c1. The fourth-order valence-electron chi connectivity index (χ4n) is 2.85. The molecular formula is C22H22FN3O3S. The van der Waals surface area contributed by atoms with Gasteiger partial charge in [0.05, 0.1) is 0 Å². The molecule has 8 heteroatoms. The normalized spacial score (nSPS) is 12.2. The average Bonchev–Trinajstić information content (AvgIpc) is 2.70. The van der Waals surface area contributed by atoms with E-state index in [4.69, 9.17) is 0 Å². The van der Waals surface area contributed by atoms with E-state index in [1.807, 2.05) is 18.2 Å². The Hall–Kier alpha value is -3.23. The first-order valence-electron chi connectivity index (χ1n) is 9.26. The van der Waals surface area contributed by atoms with Gasteiger partial charge in [-0.05, 0) is 61.4 Å². The van der Waals surface area contributed by atoms with Gasteiger partial charge < -0.3 is 10.6 Å². The van der Waals surface area contributed by atoms with Crippen LogP contribution in [0.5, 0.6) is 0 Å². The van der Waals surface area contributed by atoms with Crippen LogP contribution in [-0.4, -0.2) is 14.4 Å². The summed E-state index contributed by atoms with van der Waals surface area (Å²) >= 11 is 0. The van der Waals surface area contributed by atoms with Gasteiger partial charge in [-0.3, -0.25) is 0 Å². The summed E-state index contributed by atoms with van der Waals surface area (Å²) in [5.74, 6) is -0.802. The zero-order valence-electron chi connectivity index (χ0n) is 16.5. The number of carbonyl (C=O) groups is 1. The molecule has 0 bridgehead atoms. The maximum atomic E-state index is 14.0. The van der Waals surface area contributed by atoms with Gasteiger partial charge in [-0.25, -0.2) is 22.3 Å². The van der Waals surface area contributed by atoms with Crippen LogP contribution in [0.3, 0.4) is 0 Å². The topological polar surface area (TPSA) is 87.3 Å². The first-order valence-corrected chi connectivity index (χ1v) is 10.7. The summed E-state index contributed by atoms with van der Waals surface area (Å²) in [5, 5.41) is 5.42. The van der Waals surface area contributed by atoms with E-state index < -0.39 is 27.9 Å². The van der Waals surface area contributed by atoms with Gasteiger partial charge in [0.1, 0.15) is 10.7 Å². The number of aryl methyl sites for hydroxylation is 1. The molecular weight excluding hydrogens is 405 g/mol. The molecule has 0 heterocycles. The lowest BCUT2D eigenvalue weighted by Crippen LogP contribution is -2.27. The number of anilines is 2. The van der Waals surface area contributed by atoms with Crippen LogP contribution in [0.2, 0.25) is 0 Å². The van der Waals surface area contributed by atoms with Gasteiger partial charge >= 0.3 is 6.03 Å². The van der Waals surface area contributed by atoms with Crippen molar-refractivity contribution in [1.82, 2.24) is 4.72 Å². The lowest BCUT2D eigenvalue weighted by molar-refractivity contribution is 0.262. The summed E-state index contributed by atoms with van der Waals surface area (Å²) in [5.41, 5.74) is 2.53. The van der Waals surface area contributed by atoms with Crippen LogP contribution in [0.25, 0.3) is 0 Å². The quantitative estimate of drug-likeness (QED) is 0.527. The zero-order valence-corrected chi connectivity index (χ0v) is 17.3. The van der Waals surface area contributed by atoms with E-state index in [1.54, 1.807) is 50.2 Å². The van der Waals surface area contributed by atoms with Crippen LogP contribution in [0.15, 0.2) is 77.7 Å². The molecule has 0 aliphatic heterocycles. The van der Waals surface area contributed by atoms with E-state index in [0.29, 0.717) is 22.5 Å². The monoisotopic (exact) mass is 427 g/mol. The lowest BCUT2D eigenvalue weighted by atomic mass is 10.1. The Bertz CT molecular complexity index is 1130. The van der Waals surface area contributed by atoms with Crippen molar-refractivity contribution in [2.24, 2.45) is 0 Å². The molecule has 0 aliphatic carbocycles. The van der Waals surface area contributed by atoms with Crippen molar-refractivity contribution in [3.63, 3.8) is 0 Å². The lowest BCUT2D eigenvalue weighted by Gasteiger charge is -2.16. The molecule has 0 radical (unpaired) electrons. The predicted molar refractivity (Wildman–Crippen MR) is 115 cm³/mol. The average molecular weight is 428 g/mol. The molecule has 6 nitrogen and oxygen atoms in total. The van der Waals surface area contributed by atoms with Gasteiger partial charge in [-0.2, -0.15) is 0 Å². The van der Waals surface area contributed by atoms with E-state index >= 15 is 0 Å². The van der Waals surface area contributed by atoms with Crippen molar-refractivity contribution in [2.45, 2.75) is 24.8 Å². The predicted octanol–water partition coefficient (Wildman–Crippen LogP) is 4.82. The highest BCUT2D eigenvalue weighted by molar-refractivity contribution is 7.89.